The average molecular weight is 669 g/mol. The van der Waals surface area contributed by atoms with Crippen LogP contribution in [-0.2, 0) is 35.0 Å². The molecule has 1 atom stereocenters. The summed E-state index contributed by atoms with van der Waals surface area (Å²) in [5.41, 5.74) is 7.81. The number of alkyl halides is 6. The van der Waals surface area contributed by atoms with Gasteiger partial charge in [-0.25, -0.2) is 14.8 Å². The predicted molar refractivity (Wildman–Crippen MR) is 153 cm³/mol. The summed E-state index contributed by atoms with van der Waals surface area (Å²) in [7, 11) is 3.44. The Morgan fingerprint density at radius 3 is 2.43 bits per heavy atom. The maximum atomic E-state index is 14.0. The van der Waals surface area contributed by atoms with Crippen molar-refractivity contribution in [2.24, 2.45) is 0 Å². The topological polar surface area (TPSA) is 118 Å². The Hall–Kier alpha value is -3.56. The van der Waals surface area contributed by atoms with Gasteiger partial charge in [-0.15, -0.1) is 0 Å². The van der Waals surface area contributed by atoms with Crippen molar-refractivity contribution in [3.8, 4) is 0 Å². The molecule has 0 fully saturated rings. The number of fused-ring (bicyclic) bond motifs is 1. The van der Waals surface area contributed by atoms with E-state index in [-0.39, 0.29) is 12.4 Å². The maximum absolute atomic E-state index is 14.0. The molecule has 240 valence electrons. The largest absolute Gasteiger partial charge is 0.490 e. The number of aromatic nitrogens is 3. The van der Waals surface area contributed by atoms with Crippen LogP contribution in [0.3, 0.4) is 0 Å². The number of methoxy groups -OCH3 is 1. The lowest BCUT2D eigenvalue weighted by molar-refractivity contribution is -0.192. The number of hydrogen-bond donors (Lipinski definition) is 2. The molecule has 4 rings (SSSR count). The van der Waals surface area contributed by atoms with E-state index in [1.807, 2.05) is 18.0 Å². The molecule has 1 aromatic carbocycles. The summed E-state index contributed by atoms with van der Waals surface area (Å²) >= 11 is 12.3. The number of ether oxygens (including phenoxy) is 1. The van der Waals surface area contributed by atoms with Crippen molar-refractivity contribution >= 4 is 46.8 Å². The van der Waals surface area contributed by atoms with Crippen molar-refractivity contribution in [3.05, 3.63) is 69.0 Å². The summed E-state index contributed by atoms with van der Waals surface area (Å²) in [6.07, 6.45) is -7.18. The molecule has 9 nitrogen and oxygen atoms in total. The fourth-order valence-corrected chi connectivity index (χ4v) is 4.79. The smallest absolute Gasteiger partial charge is 0.475 e. The first kappa shape index (κ1) is 34.9. The van der Waals surface area contributed by atoms with E-state index in [0.29, 0.717) is 59.9 Å². The van der Waals surface area contributed by atoms with Gasteiger partial charge in [-0.3, -0.25) is 0 Å². The summed E-state index contributed by atoms with van der Waals surface area (Å²) < 4.78 is 78.8. The Morgan fingerprint density at radius 2 is 1.84 bits per heavy atom. The summed E-state index contributed by atoms with van der Waals surface area (Å²) in [5, 5.41) is 7.91. The van der Waals surface area contributed by atoms with E-state index in [9.17, 15) is 26.3 Å². The first-order chi connectivity index (χ1) is 20.5. The summed E-state index contributed by atoms with van der Waals surface area (Å²) in [6, 6.07) is 7.15. The van der Waals surface area contributed by atoms with E-state index in [2.05, 4.69) is 9.97 Å². The quantitative estimate of drug-likeness (QED) is 0.305. The molecule has 1 aliphatic heterocycles. The zero-order valence-corrected chi connectivity index (χ0v) is 24.9. The Balaban J connectivity index is 0.000000676. The molecule has 17 heteroatoms. The number of nitrogens with two attached hydrogens (primary N) is 1. The van der Waals surface area contributed by atoms with Crippen molar-refractivity contribution in [2.45, 2.75) is 37.7 Å². The number of anilines is 3. The van der Waals surface area contributed by atoms with Gasteiger partial charge in [0.15, 0.2) is 0 Å². The highest BCUT2D eigenvalue weighted by Crippen LogP contribution is 2.38. The standard InChI is InChI=1S/C25H27Cl2F3N6O.C2HF3O2/c1-35(10-11-37-2)24-33-21-14-16(12-15-5-6-19(26)20(27)13-15)36(9-7-17(21)22(31)34-24)23-18(25(28,29)30)4-3-8-32-23;3-2(4,5)1(6)7/h3-6,8,13,16H,7,9-12,14H2,1-2H3,(H2,31,33,34);(H,6,7). The minimum absolute atomic E-state index is 0.128. The van der Waals surface area contributed by atoms with E-state index in [0.717, 1.165) is 17.2 Å². The molecule has 0 bridgehead atoms. The van der Waals surface area contributed by atoms with Crippen LogP contribution in [0.15, 0.2) is 36.5 Å². The lowest BCUT2D eigenvalue weighted by Crippen LogP contribution is -2.40. The molecule has 0 saturated carbocycles. The molecular weight excluding hydrogens is 641 g/mol. The van der Waals surface area contributed by atoms with Crippen LogP contribution in [0, 0.1) is 0 Å². The monoisotopic (exact) mass is 668 g/mol. The number of carboxylic acids is 1. The number of halogens is 8. The molecular formula is C27H28Cl2F6N6O3. The van der Waals surface area contributed by atoms with Gasteiger partial charge in [0.1, 0.15) is 11.6 Å². The Morgan fingerprint density at radius 1 is 1.16 bits per heavy atom. The first-order valence-electron chi connectivity index (χ1n) is 12.9. The zero-order chi connectivity index (χ0) is 32.8. The minimum atomic E-state index is -5.08. The Bertz CT molecular complexity index is 1460. The number of carboxylic acid groups (broad SMARTS) is 1. The van der Waals surface area contributed by atoms with Gasteiger partial charge in [-0.05, 0) is 42.7 Å². The van der Waals surface area contributed by atoms with E-state index < -0.39 is 29.9 Å². The highest BCUT2D eigenvalue weighted by atomic mass is 35.5. The van der Waals surface area contributed by atoms with Gasteiger partial charge in [0, 0.05) is 51.5 Å². The first-order valence-corrected chi connectivity index (χ1v) is 13.7. The molecule has 0 saturated heterocycles. The van der Waals surface area contributed by atoms with E-state index in [4.69, 9.17) is 48.6 Å². The van der Waals surface area contributed by atoms with E-state index >= 15 is 0 Å². The summed E-state index contributed by atoms with van der Waals surface area (Å²) in [5.74, 6) is -2.13. The lowest BCUT2D eigenvalue weighted by Gasteiger charge is -2.33. The van der Waals surface area contributed by atoms with Gasteiger partial charge in [-0.1, -0.05) is 29.3 Å². The second-order valence-corrected chi connectivity index (χ2v) is 10.5. The number of benzene rings is 1. The normalized spacial score (nSPS) is 15.1. The van der Waals surface area contributed by atoms with Crippen molar-refractivity contribution in [3.63, 3.8) is 0 Å². The van der Waals surface area contributed by atoms with E-state index in [1.54, 1.807) is 24.1 Å². The number of pyridine rings is 1. The van der Waals surface area contributed by atoms with Crippen LogP contribution in [0.5, 0.6) is 0 Å². The van der Waals surface area contributed by atoms with E-state index in [1.165, 1.54) is 12.3 Å². The van der Waals surface area contributed by atoms with Crippen molar-refractivity contribution in [1.29, 1.82) is 0 Å². The van der Waals surface area contributed by atoms with Crippen molar-refractivity contribution in [1.82, 2.24) is 15.0 Å². The predicted octanol–water partition coefficient (Wildman–Crippen LogP) is 5.71. The number of likely N-dealkylation sites (N-methyl/N-ethyl adjacent to an activating group) is 1. The van der Waals surface area contributed by atoms with Gasteiger partial charge in [0.25, 0.3) is 0 Å². The fourth-order valence-electron chi connectivity index (χ4n) is 4.47. The van der Waals surface area contributed by atoms with Crippen LogP contribution in [0.1, 0.15) is 22.4 Å². The number of nitrogens with zero attached hydrogens (tertiary/aromatic N) is 5. The maximum Gasteiger partial charge on any atom is 0.490 e. The molecule has 2 aromatic heterocycles. The SMILES string of the molecule is COCCN(C)c1nc(N)c2c(n1)CC(Cc1ccc(Cl)c(Cl)c1)N(c1ncccc1C(F)(F)F)CC2.O=C(O)C(F)(F)F. The van der Waals surface area contributed by atoms with Crippen LogP contribution in [0.2, 0.25) is 10.0 Å². The number of rotatable bonds is 7. The molecule has 0 radical (unpaired) electrons. The van der Waals surface area contributed by atoms with Gasteiger partial charge < -0.3 is 25.4 Å². The Labute approximate surface area is 258 Å². The number of carbonyl (C=O) groups is 1. The van der Waals surface area contributed by atoms with Gasteiger partial charge >= 0.3 is 18.3 Å². The van der Waals surface area contributed by atoms with Crippen LogP contribution >= 0.6 is 23.2 Å². The molecule has 3 aromatic rings. The van der Waals surface area contributed by atoms with Gasteiger partial charge in [-0.2, -0.15) is 31.3 Å². The summed E-state index contributed by atoms with van der Waals surface area (Å²) in [4.78, 5) is 25.8. The van der Waals surface area contributed by atoms with Crippen LogP contribution < -0.4 is 15.5 Å². The average Bonchev–Trinajstić information content (AvgIpc) is 3.12. The molecule has 3 N–H and O–H groups in total. The number of hydrogen-bond acceptors (Lipinski definition) is 8. The zero-order valence-electron chi connectivity index (χ0n) is 23.4. The van der Waals surface area contributed by atoms with Gasteiger partial charge in [0.2, 0.25) is 5.95 Å². The third-order valence-electron chi connectivity index (χ3n) is 6.62. The minimum Gasteiger partial charge on any atom is -0.475 e. The third kappa shape index (κ3) is 8.99. The number of nitrogen functional groups attached to an aromatic ring is 1. The molecule has 0 aliphatic carbocycles. The summed E-state index contributed by atoms with van der Waals surface area (Å²) in [6.45, 7) is 1.28. The molecule has 3 heterocycles. The second-order valence-electron chi connectivity index (χ2n) is 9.68. The van der Waals surface area contributed by atoms with Crippen LogP contribution in [-0.4, -0.2) is 72.1 Å². The molecule has 44 heavy (non-hydrogen) atoms. The molecule has 1 unspecified atom stereocenters. The lowest BCUT2D eigenvalue weighted by atomic mass is 9.99. The number of aliphatic carboxylic acids is 1. The van der Waals surface area contributed by atoms with Crippen molar-refractivity contribution < 1.29 is 41.0 Å². The van der Waals surface area contributed by atoms with Crippen LogP contribution in [0.4, 0.5) is 43.9 Å². The van der Waals surface area contributed by atoms with Gasteiger partial charge in [0.05, 0.1) is 27.9 Å². The molecule has 0 spiro atoms. The fraction of sp³-hybridized carbons (Fsp3) is 0.407. The second kappa shape index (κ2) is 14.5. The molecule has 0 amide bonds. The van der Waals surface area contributed by atoms with Crippen molar-refractivity contribution in [2.75, 3.05) is 49.4 Å². The highest BCUT2D eigenvalue weighted by Gasteiger charge is 2.39. The third-order valence-corrected chi connectivity index (χ3v) is 7.36. The Kier molecular flexibility index (Phi) is 11.5. The highest BCUT2D eigenvalue weighted by molar-refractivity contribution is 6.42. The molecule has 1 aliphatic rings. The van der Waals surface area contributed by atoms with Crippen LogP contribution in [0.25, 0.3) is 0 Å².